The van der Waals surface area contributed by atoms with E-state index < -0.39 is 0 Å². The van der Waals surface area contributed by atoms with Gasteiger partial charge in [0.25, 0.3) is 5.91 Å². The molecule has 0 aromatic carbocycles. The Morgan fingerprint density at radius 1 is 1.56 bits per heavy atom. The van der Waals surface area contributed by atoms with Gasteiger partial charge in [0.2, 0.25) is 0 Å². The summed E-state index contributed by atoms with van der Waals surface area (Å²) in [5.74, 6) is 0.179. The van der Waals surface area contributed by atoms with Gasteiger partial charge >= 0.3 is 0 Å². The number of hydrogen-bond donors (Lipinski definition) is 1. The Balaban J connectivity index is 2.15. The zero-order valence-corrected chi connectivity index (χ0v) is 12.1. The number of nitrogens with two attached hydrogens (primary N) is 1. The van der Waals surface area contributed by atoms with Gasteiger partial charge in [-0.3, -0.25) is 4.79 Å². The summed E-state index contributed by atoms with van der Waals surface area (Å²) in [4.78, 5) is 16.4. The lowest BCUT2D eigenvalue weighted by Crippen LogP contribution is -2.43. The van der Waals surface area contributed by atoms with Gasteiger partial charge in [-0.15, -0.1) is 11.3 Å². The maximum absolute atomic E-state index is 12.5. The number of carbonyl (C=O) groups excluding carboxylic acids is 1. The topological polar surface area (TPSA) is 46.3 Å². The van der Waals surface area contributed by atoms with Crippen molar-refractivity contribution in [1.29, 1.82) is 0 Å². The molecule has 1 fully saturated rings. The SMILES string of the molecule is CCCC1CCCCN1C(=O)c1cc(N)c(C)s1. The van der Waals surface area contributed by atoms with Crippen molar-refractivity contribution in [2.24, 2.45) is 0 Å². The highest BCUT2D eigenvalue weighted by Crippen LogP contribution is 2.28. The molecule has 18 heavy (non-hydrogen) atoms. The van der Waals surface area contributed by atoms with Crippen LogP contribution < -0.4 is 5.73 Å². The molecule has 1 unspecified atom stereocenters. The lowest BCUT2D eigenvalue weighted by Gasteiger charge is -2.35. The van der Waals surface area contributed by atoms with Crippen LogP contribution >= 0.6 is 11.3 Å². The summed E-state index contributed by atoms with van der Waals surface area (Å²) in [6.45, 7) is 5.06. The van der Waals surface area contributed by atoms with Crippen molar-refractivity contribution in [2.75, 3.05) is 12.3 Å². The third-order valence-corrected chi connectivity index (χ3v) is 4.73. The van der Waals surface area contributed by atoms with E-state index in [0.29, 0.717) is 6.04 Å². The van der Waals surface area contributed by atoms with E-state index in [-0.39, 0.29) is 5.91 Å². The number of carbonyl (C=O) groups is 1. The molecular formula is C14H22N2OS. The molecule has 1 aliphatic heterocycles. The molecule has 1 saturated heterocycles. The van der Waals surface area contributed by atoms with Gasteiger partial charge in [-0.1, -0.05) is 13.3 Å². The number of rotatable bonds is 3. The van der Waals surface area contributed by atoms with E-state index in [1.54, 1.807) is 0 Å². The summed E-state index contributed by atoms with van der Waals surface area (Å²) in [6, 6.07) is 2.26. The first kappa shape index (κ1) is 13.4. The van der Waals surface area contributed by atoms with Crippen LogP contribution in [-0.4, -0.2) is 23.4 Å². The highest BCUT2D eigenvalue weighted by molar-refractivity contribution is 7.14. The maximum atomic E-state index is 12.5. The van der Waals surface area contributed by atoms with Crippen molar-refractivity contribution in [1.82, 2.24) is 4.90 Å². The van der Waals surface area contributed by atoms with Crippen LogP contribution in [0.4, 0.5) is 5.69 Å². The molecule has 2 rings (SSSR count). The number of aryl methyl sites for hydroxylation is 1. The van der Waals surface area contributed by atoms with Crippen molar-refractivity contribution in [2.45, 2.75) is 52.0 Å². The summed E-state index contributed by atoms with van der Waals surface area (Å²) < 4.78 is 0. The first-order chi connectivity index (χ1) is 8.63. The molecule has 2 heterocycles. The number of thiophene rings is 1. The monoisotopic (exact) mass is 266 g/mol. The van der Waals surface area contributed by atoms with Crippen LogP contribution in [0.1, 0.15) is 53.6 Å². The molecule has 1 aromatic rings. The third kappa shape index (κ3) is 2.69. The molecule has 0 bridgehead atoms. The summed E-state index contributed by atoms with van der Waals surface area (Å²) in [6.07, 6.45) is 5.79. The summed E-state index contributed by atoms with van der Waals surface area (Å²) in [5, 5.41) is 0. The first-order valence-electron chi connectivity index (χ1n) is 6.80. The maximum Gasteiger partial charge on any atom is 0.264 e. The molecule has 2 N–H and O–H groups in total. The Morgan fingerprint density at radius 3 is 2.94 bits per heavy atom. The molecule has 3 nitrogen and oxygen atoms in total. The molecule has 1 aliphatic rings. The molecule has 4 heteroatoms. The molecule has 0 aliphatic carbocycles. The third-order valence-electron chi connectivity index (χ3n) is 3.68. The smallest absolute Gasteiger partial charge is 0.264 e. The van der Waals surface area contributed by atoms with Crippen molar-refractivity contribution in [3.8, 4) is 0 Å². The zero-order valence-electron chi connectivity index (χ0n) is 11.2. The Bertz CT molecular complexity index is 406. The fourth-order valence-electron chi connectivity index (χ4n) is 2.64. The van der Waals surface area contributed by atoms with Gasteiger partial charge in [-0.2, -0.15) is 0 Å². The van der Waals surface area contributed by atoms with E-state index in [1.807, 2.05) is 13.0 Å². The fraction of sp³-hybridized carbons (Fsp3) is 0.643. The average molecular weight is 266 g/mol. The van der Waals surface area contributed by atoms with Crippen LogP contribution in [0.15, 0.2) is 6.07 Å². The Labute approximate surface area is 113 Å². The Kier molecular flexibility index (Phi) is 4.27. The minimum Gasteiger partial charge on any atom is -0.398 e. The minimum atomic E-state index is 0.179. The second-order valence-electron chi connectivity index (χ2n) is 5.06. The molecule has 1 atom stereocenters. The van der Waals surface area contributed by atoms with Gasteiger partial charge in [-0.05, 0) is 38.7 Å². The lowest BCUT2D eigenvalue weighted by atomic mass is 9.98. The summed E-state index contributed by atoms with van der Waals surface area (Å²) in [5.41, 5.74) is 6.58. The largest absolute Gasteiger partial charge is 0.398 e. The van der Waals surface area contributed by atoms with Gasteiger partial charge < -0.3 is 10.6 Å². The quantitative estimate of drug-likeness (QED) is 0.911. The number of nitrogens with zero attached hydrogens (tertiary/aromatic N) is 1. The first-order valence-corrected chi connectivity index (χ1v) is 7.62. The molecule has 0 spiro atoms. The fourth-order valence-corrected chi connectivity index (χ4v) is 3.54. The van der Waals surface area contributed by atoms with E-state index in [9.17, 15) is 4.79 Å². The highest BCUT2D eigenvalue weighted by Gasteiger charge is 2.27. The standard InChI is InChI=1S/C14H22N2OS/c1-3-6-11-7-4-5-8-16(11)14(17)13-9-12(15)10(2)18-13/h9,11H,3-8,15H2,1-2H3. The van der Waals surface area contributed by atoms with Crippen molar-refractivity contribution < 1.29 is 4.79 Å². The van der Waals surface area contributed by atoms with Crippen molar-refractivity contribution in [3.05, 3.63) is 15.8 Å². The number of hydrogen-bond acceptors (Lipinski definition) is 3. The summed E-state index contributed by atoms with van der Waals surface area (Å²) >= 11 is 1.52. The molecular weight excluding hydrogens is 244 g/mol. The molecule has 1 aromatic heterocycles. The van der Waals surface area contributed by atoms with Crippen molar-refractivity contribution >= 4 is 22.9 Å². The Hall–Kier alpha value is -1.03. The van der Waals surface area contributed by atoms with Crippen LogP contribution in [0, 0.1) is 6.92 Å². The minimum absolute atomic E-state index is 0.179. The average Bonchev–Trinajstić information content (AvgIpc) is 2.70. The van der Waals surface area contributed by atoms with Crippen LogP contribution in [0.25, 0.3) is 0 Å². The van der Waals surface area contributed by atoms with E-state index in [2.05, 4.69) is 11.8 Å². The predicted molar refractivity (Wildman–Crippen MR) is 77.1 cm³/mol. The molecule has 1 amide bonds. The zero-order chi connectivity index (χ0) is 13.1. The van der Waals surface area contributed by atoms with E-state index in [1.165, 1.54) is 17.8 Å². The van der Waals surface area contributed by atoms with E-state index in [0.717, 1.165) is 47.7 Å². The van der Waals surface area contributed by atoms with Crippen molar-refractivity contribution in [3.63, 3.8) is 0 Å². The summed E-state index contributed by atoms with van der Waals surface area (Å²) in [7, 11) is 0. The van der Waals surface area contributed by atoms with Crippen LogP contribution in [0.3, 0.4) is 0 Å². The second-order valence-corrected chi connectivity index (χ2v) is 6.32. The number of amides is 1. The van der Waals surface area contributed by atoms with Gasteiger partial charge in [0.15, 0.2) is 0 Å². The number of piperidine rings is 1. The number of anilines is 1. The van der Waals surface area contributed by atoms with Crippen LogP contribution in [0.2, 0.25) is 0 Å². The number of likely N-dealkylation sites (tertiary alicyclic amines) is 1. The van der Waals surface area contributed by atoms with E-state index >= 15 is 0 Å². The van der Waals surface area contributed by atoms with Gasteiger partial charge in [0, 0.05) is 23.2 Å². The Morgan fingerprint density at radius 2 is 2.33 bits per heavy atom. The normalized spacial score (nSPS) is 20.1. The molecule has 0 radical (unpaired) electrons. The van der Waals surface area contributed by atoms with Crippen LogP contribution in [0.5, 0.6) is 0 Å². The van der Waals surface area contributed by atoms with Crippen LogP contribution in [-0.2, 0) is 0 Å². The molecule has 0 saturated carbocycles. The highest BCUT2D eigenvalue weighted by atomic mass is 32.1. The predicted octanol–water partition coefficient (Wildman–Crippen LogP) is 3.43. The van der Waals surface area contributed by atoms with Gasteiger partial charge in [-0.25, -0.2) is 0 Å². The van der Waals surface area contributed by atoms with Gasteiger partial charge in [0.1, 0.15) is 0 Å². The van der Waals surface area contributed by atoms with E-state index in [4.69, 9.17) is 5.73 Å². The number of nitrogen functional groups attached to an aromatic ring is 1. The molecule has 100 valence electrons. The lowest BCUT2D eigenvalue weighted by molar-refractivity contribution is 0.0606. The van der Waals surface area contributed by atoms with Gasteiger partial charge in [0.05, 0.1) is 4.88 Å². The second kappa shape index (κ2) is 5.74.